The minimum Gasteiger partial charge on any atom is -0.481 e. The SMILES string of the molecule is CN(CCC(=O)O)C1CCc2ccccc2C1. The van der Waals surface area contributed by atoms with E-state index in [1.54, 1.807) is 0 Å². The number of fused-ring (bicyclic) bond motifs is 1. The van der Waals surface area contributed by atoms with E-state index < -0.39 is 5.97 Å². The van der Waals surface area contributed by atoms with Crippen molar-refractivity contribution >= 4 is 5.97 Å². The van der Waals surface area contributed by atoms with Gasteiger partial charge in [0.1, 0.15) is 0 Å². The predicted octanol–water partition coefficient (Wildman–Crippen LogP) is 1.95. The highest BCUT2D eigenvalue weighted by Crippen LogP contribution is 2.23. The molecule has 0 saturated heterocycles. The summed E-state index contributed by atoms with van der Waals surface area (Å²) in [6.45, 7) is 0.641. The number of benzene rings is 1. The number of likely N-dealkylation sites (N-methyl/N-ethyl adjacent to an activating group) is 1. The molecule has 0 radical (unpaired) electrons. The lowest BCUT2D eigenvalue weighted by Crippen LogP contribution is -2.37. The Morgan fingerprint density at radius 2 is 2.12 bits per heavy atom. The van der Waals surface area contributed by atoms with Crippen LogP contribution in [0.3, 0.4) is 0 Å². The van der Waals surface area contributed by atoms with Gasteiger partial charge in [-0.05, 0) is 37.4 Å². The fraction of sp³-hybridized carbons (Fsp3) is 0.500. The van der Waals surface area contributed by atoms with Crippen molar-refractivity contribution < 1.29 is 9.90 Å². The third-order valence-corrected chi connectivity index (χ3v) is 3.62. The highest BCUT2D eigenvalue weighted by molar-refractivity contribution is 5.66. The minimum atomic E-state index is -0.715. The molecule has 92 valence electrons. The van der Waals surface area contributed by atoms with Gasteiger partial charge in [-0.3, -0.25) is 4.79 Å². The molecule has 1 N–H and O–H groups in total. The van der Waals surface area contributed by atoms with Crippen molar-refractivity contribution in [3.63, 3.8) is 0 Å². The van der Waals surface area contributed by atoms with Crippen LogP contribution in [-0.2, 0) is 17.6 Å². The van der Waals surface area contributed by atoms with Gasteiger partial charge >= 0.3 is 5.97 Å². The van der Waals surface area contributed by atoms with Crippen LogP contribution >= 0.6 is 0 Å². The van der Waals surface area contributed by atoms with Crippen molar-refractivity contribution in [2.24, 2.45) is 0 Å². The molecule has 0 aliphatic heterocycles. The molecule has 1 aromatic carbocycles. The van der Waals surface area contributed by atoms with E-state index in [4.69, 9.17) is 5.11 Å². The third-order valence-electron chi connectivity index (χ3n) is 3.62. The molecule has 17 heavy (non-hydrogen) atoms. The van der Waals surface area contributed by atoms with Gasteiger partial charge < -0.3 is 10.0 Å². The Bertz CT molecular complexity index is 403. The van der Waals surface area contributed by atoms with Crippen molar-refractivity contribution in [1.82, 2.24) is 4.90 Å². The first-order valence-electron chi connectivity index (χ1n) is 6.15. The van der Waals surface area contributed by atoms with Crippen LogP contribution in [0.1, 0.15) is 24.0 Å². The van der Waals surface area contributed by atoms with Crippen molar-refractivity contribution in [3.8, 4) is 0 Å². The molecule has 0 fully saturated rings. The van der Waals surface area contributed by atoms with Gasteiger partial charge in [0.15, 0.2) is 0 Å². The summed E-state index contributed by atoms with van der Waals surface area (Å²) in [6.07, 6.45) is 3.52. The summed E-state index contributed by atoms with van der Waals surface area (Å²) < 4.78 is 0. The molecule has 1 atom stereocenters. The molecule has 3 heteroatoms. The molecule has 1 aliphatic rings. The Kier molecular flexibility index (Phi) is 3.79. The first kappa shape index (κ1) is 12.1. The molecular weight excluding hydrogens is 214 g/mol. The van der Waals surface area contributed by atoms with Gasteiger partial charge in [0.05, 0.1) is 6.42 Å². The second-order valence-corrected chi connectivity index (χ2v) is 4.79. The van der Waals surface area contributed by atoms with Crippen molar-refractivity contribution in [2.45, 2.75) is 31.7 Å². The van der Waals surface area contributed by atoms with E-state index >= 15 is 0 Å². The summed E-state index contributed by atoms with van der Waals surface area (Å²) in [5.74, 6) is -0.715. The molecule has 0 heterocycles. The van der Waals surface area contributed by atoms with E-state index in [0.717, 1.165) is 19.3 Å². The lowest BCUT2D eigenvalue weighted by Gasteiger charge is -2.32. The zero-order valence-corrected chi connectivity index (χ0v) is 10.2. The molecule has 0 saturated carbocycles. The summed E-state index contributed by atoms with van der Waals surface area (Å²) in [6, 6.07) is 9.05. The summed E-state index contributed by atoms with van der Waals surface area (Å²) in [5.41, 5.74) is 2.88. The third kappa shape index (κ3) is 3.07. The first-order chi connectivity index (χ1) is 8.16. The summed E-state index contributed by atoms with van der Waals surface area (Å²) in [5, 5.41) is 8.69. The van der Waals surface area contributed by atoms with Crippen molar-refractivity contribution in [1.29, 1.82) is 0 Å². The monoisotopic (exact) mass is 233 g/mol. The smallest absolute Gasteiger partial charge is 0.304 e. The minimum absolute atomic E-state index is 0.231. The number of aliphatic carboxylic acids is 1. The molecule has 2 rings (SSSR count). The van der Waals surface area contributed by atoms with Gasteiger partial charge in [-0.1, -0.05) is 24.3 Å². The van der Waals surface area contributed by atoms with Crippen molar-refractivity contribution in [3.05, 3.63) is 35.4 Å². The highest BCUT2D eigenvalue weighted by Gasteiger charge is 2.21. The van der Waals surface area contributed by atoms with Crippen LogP contribution in [0.2, 0.25) is 0 Å². The molecule has 1 unspecified atom stereocenters. The first-order valence-corrected chi connectivity index (χ1v) is 6.15. The molecule has 0 amide bonds. The van der Waals surface area contributed by atoms with Crippen LogP contribution in [0.25, 0.3) is 0 Å². The largest absolute Gasteiger partial charge is 0.481 e. The maximum Gasteiger partial charge on any atom is 0.304 e. The van der Waals surface area contributed by atoms with Crippen LogP contribution in [-0.4, -0.2) is 35.6 Å². The van der Waals surface area contributed by atoms with Crippen molar-refractivity contribution in [2.75, 3.05) is 13.6 Å². The molecule has 1 aliphatic carbocycles. The molecule has 0 aromatic heterocycles. The Morgan fingerprint density at radius 1 is 1.41 bits per heavy atom. The number of carboxylic acids is 1. The number of rotatable bonds is 4. The fourth-order valence-corrected chi connectivity index (χ4v) is 2.51. The number of carbonyl (C=O) groups is 1. The average molecular weight is 233 g/mol. The number of hydrogen-bond acceptors (Lipinski definition) is 2. The lowest BCUT2D eigenvalue weighted by atomic mass is 9.87. The molecule has 0 bridgehead atoms. The Hall–Kier alpha value is -1.35. The molecule has 0 spiro atoms. The second-order valence-electron chi connectivity index (χ2n) is 4.79. The van der Waals surface area contributed by atoms with Gasteiger partial charge in [-0.15, -0.1) is 0 Å². The van der Waals surface area contributed by atoms with E-state index in [0.29, 0.717) is 12.6 Å². The summed E-state index contributed by atoms with van der Waals surface area (Å²) in [4.78, 5) is 12.7. The Labute approximate surface area is 102 Å². The van der Waals surface area contributed by atoms with Crippen LogP contribution in [0.4, 0.5) is 0 Å². The average Bonchev–Trinajstić information content (AvgIpc) is 2.35. The Morgan fingerprint density at radius 3 is 2.82 bits per heavy atom. The van der Waals surface area contributed by atoms with E-state index in [2.05, 4.69) is 29.2 Å². The molecular formula is C14H19NO2. The van der Waals surface area contributed by atoms with Gasteiger partial charge in [-0.25, -0.2) is 0 Å². The van der Waals surface area contributed by atoms with Gasteiger partial charge in [-0.2, -0.15) is 0 Å². The fourth-order valence-electron chi connectivity index (χ4n) is 2.51. The van der Waals surface area contributed by atoms with E-state index in [1.165, 1.54) is 11.1 Å². The van der Waals surface area contributed by atoms with E-state index in [9.17, 15) is 4.79 Å². The van der Waals surface area contributed by atoms with Gasteiger partial charge in [0, 0.05) is 12.6 Å². The quantitative estimate of drug-likeness (QED) is 0.864. The maximum absolute atomic E-state index is 10.6. The number of hydrogen-bond donors (Lipinski definition) is 1. The topological polar surface area (TPSA) is 40.5 Å². The lowest BCUT2D eigenvalue weighted by molar-refractivity contribution is -0.137. The maximum atomic E-state index is 10.6. The molecule has 1 aromatic rings. The van der Waals surface area contributed by atoms with Crippen LogP contribution in [0, 0.1) is 0 Å². The van der Waals surface area contributed by atoms with Crippen LogP contribution in [0.15, 0.2) is 24.3 Å². The van der Waals surface area contributed by atoms with Crippen LogP contribution in [0.5, 0.6) is 0 Å². The standard InChI is InChI=1S/C14H19NO2/c1-15(9-8-14(16)17)13-7-6-11-4-2-3-5-12(11)10-13/h2-5,13H,6-10H2,1H3,(H,16,17). The second kappa shape index (κ2) is 5.32. The summed E-state index contributed by atoms with van der Waals surface area (Å²) in [7, 11) is 2.03. The van der Waals surface area contributed by atoms with Gasteiger partial charge in [0.25, 0.3) is 0 Å². The predicted molar refractivity (Wildman–Crippen MR) is 67.1 cm³/mol. The van der Waals surface area contributed by atoms with E-state index in [1.807, 2.05) is 7.05 Å². The summed E-state index contributed by atoms with van der Waals surface area (Å²) >= 11 is 0. The Balaban J connectivity index is 1.95. The number of nitrogens with zero attached hydrogens (tertiary/aromatic N) is 1. The number of aryl methyl sites for hydroxylation is 1. The normalized spacial score (nSPS) is 19.1. The molecule has 3 nitrogen and oxygen atoms in total. The highest BCUT2D eigenvalue weighted by atomic mass is 16.4. The zero-order chi connectivity index (χ0) is 12.3. The van der Waals surface area contributed by atoms with Gasteiger partial charge in [0.2, 0.25) is 0 Å². The van der Waals surface area contributed by atoms with E-state index in [-0.39, 0.29) is 6.42 Å². The number of carboxylic acid groups (broad SMARTS) is 1. The van der Waals surface area contributed by atoms with Crippen LogP contribution < -0.4 is 0 Å². The zero-order valence-electron chi connectivity index (χ0n) is 10.2.